The molecule has 1 aromatic rings. The summed E-state index contributed by atoms with van der Waals surface area (Å²) in [7, 11) is 0. The Morgan fingerprint density at radius 3 is 2.67 bits per heavy atom. The number of nitrogens with zero attached hydrogens (tertiary/aromatic N) is 1. The fourth-order valence-corrected chi connectivity index (χ4v) is 2.73. The fourth-order valence-electron chi connectivity index (χ4n) is 2.60. The van der Waals surface area contributed by atoms with E-state index in [9.17, 15) is 0 Å². The van der Waals surface area contributed by atoms with Crippen molar-refractivity contribution in [3.8, 4) is 0 Å². The molecule has 1 aromatic carbocycles. The summed E-state index contributed by atoms with van der Waals surface area (Å²) in [5.41, 5.74) is 1.60. The van der Waals surface area contributed by atoms with Gasteiger partial charge in [0.05, 0.1) is 0 Å². The number of nitrogens with one attached hydrogen (secondary N) is 1. The monoisotopic (exact) mass is 266 g/mol. The number of halogens is 1. The van der Waals surface area contributed by atoms with E-state index in [0.29, 0.717) is 6.04 Å². The van der Waals surface area contributed by atoms with Crippen molar-refractivity contribution in [2.75, 3.05) is 19.6 Å². The molecule has 100 valence electrons. The molecule has 1 aliphatic heterocycles. The van der Waals surface area contributed by atoms with Crippen LogP contribution in [-0.4, -0.2) is 30.1 Å². The lowest BCUT2D eigenvalue weighted by atomic mass is 9.94. The van der Waals surface area contributed by atoms with Crippen LogP contribution in [0, 0.1) is 0 Å². The van der Waals surface area contributed by atoms with Gasteiger partial charge in [0, 0.05) is 36.2 Å². The van der Waals surface area contributed by atoms with Gasteiger partial charge < -0.3 is 5.32 Å². The van der Waals surface area contributed by atoms with E-state index in [1.807, 2.05) is 12.1 Å². The van der Waals surface area contributed by atoms with Gasteiger partial charge in [-0.15, -0.1) is 0 Å². The predicted octanol–water partition coefficient (Wildman–Crippen LogP) is 3.47. The van der Waals surface area contributed by atoms with Crippen molar-refractivity contribution in [1.82, 2.24) is 10.2 Å². The van der Waals surface area contributed by atoms with Crippen molar-refractivity contribution < 1.29 is 0 Å². The predicted molar refractivity (Wildman–Crippen MR) is 78.1 cm³/mol. The molecule has 2 rings (SSSR count). The normalized spacial score (nSPS) is 27.1. The first kappa shape index (κ1) is 13.9. The van der Waals surface area contributed by atoms with Crippen molar-refractivity contribution in [3.05, 3.63) is 34.9 Å². The van der Waals surface area contributed by atoms with E-state index in [4.69, 9.17) is 11.6 Å². The highest BCUT2D eigenvalue weighted by atomic mass is 35.5. The maximum absolute atomic E-state index is 5.95. The van der Waals surface area contributed by atoms with Crippen LogP contribution in [0.15, 0.2) is 24.3 Å². The molecule has 0 aromatic heterocycles. The number of benzene rings is 1. The molecule has 0 saturated carbocycles. The summed E-state index contributed by atoms with van der Waals surface area (Å²) in [6, 6.07) is 8.69. The average Bonchev–Trinajstić information content (AvgIpc) is 2.39. The van der Waals surface area contributed by atoms with Crippen LogP contribution < -0.4 is 5.32 Å². The Bertz CT molecular complexity index is 390. The molecule has 0 amide bonds. The van der Waals surface area contributed by atoms with Crippen LogP contribution in [0.5, 0.6) is 0 Å². The lowest BCUT2D eigenvalue weighted by Crippen LogP contribution is -2.58. The van der Waals surface area contributed by atoms with Gasteiger partial charge >= 0.3 is 0 Å². The van der Waals surface area contributed by atoms with Crippen molar-refractivity contribution in [2.45, 2.75) is 38.8 Å². The molecule has 1 heterocycles. The van der Waals surface area contributed by atoms with Crippen molar-refractivity contribution in [3.63, 3.8) is 0 Å². The Hall–Kier alpha value is -0.570. The van der Waals surface area contributed by atoms with Crippen molar-refractivity contribution in [1.29, 1.82) is 0 Å². The standard InChI is InChI=1S/C15H23ClN2/c1-4-15(3)11-18(10-9-17-15)12(2)13-5-7-14(16)8-6-13/h5-8,12,17H,4,9-11H2,1-3H3. The quantitative estimate of drug-likeness (QED) is 0.901. The first-order chi connectivity index (χ1) is 8.54. The van der Waals surface area contributed by atoms with E-state index in [-0.39, 0.29) is 5.54 Å². The maximum Gasteiger partial charge on any atom is 0.0406 e. The highest BCUT2D eigenvalue weighted by Gasteiger charge is 2.31. The summed E-state index contributed by atoms with van der Waals surface area (Å²) in [6.07, 6.45) is 1.16. The molecule has 0 radical (unpaired) electrons. The van der Waals surface area contributed by atoms with E-state index in [2.05, 4.69) is 43.1 Å². The van der Waals surface area contributed by atoms with E-state index in [0.717, 1.165) is 31.1 Å². The molecular weight excluding hydrogens is 244 g/mol. The summed E-state index contributed by atoms with van der Waals surface area (Å²) in [5.74, 6) is 0. The highest BCUT2D eigenvalue weighted by Crippen LogP contribution is 2.26. The van der Waals surface area contributed by atoms with Crippen LogP contribution in [0.25, 0.3) is 0 Å². The molecular formula is C15H23ClN2. The van der Waals surface area contributed by atoms with Gasteiger partial charge in [-0.05, 0) is 38.0 Å². The number of rotatable bonds is 3. The second-order valence-electron chi connectivity index (χ2n) is 5.54. The Morgan fingerprint density at radius 1 is 1.39 bits per heavy atom. The van der Waals surface area contributed by atoms with E-state index in [1.165, 1.54) is 5.56 Å². The molecule has 1 fully saturated rings. The van der Waals surface area contributed by atoms with E-state index < -0.39 is 0 Å². The summed E-state index contributed by atoms with van der Waals surface area (Å²) >= 11 is 5.95. The summed E-state index contributed by atoms with van der Waals surface area (Å²) < 4.78 is 0. The molecule has 0 bridgehead atoms. The Kier molecular flexibility index (Phi) is 4.31. The first-order valence-corrected chi connectivity index (χ1v) is 7.16. The third-order valence-corrected chi connectivity index (χ3v) is 4.44. The van der Waals surface area contributed by atoms with Crippen LogP contribution in [-0.2, 0) is 0 Å². The third kappa shape index (κ3) is 3.05. The lowest BCUT2D eigenvalue weighted by Gasteiger charge is -2.43. The molecule has 3 heteroatoms. The van der Waals surface area contributed by atoms with Gasteiger partial charge in [0.15, 0.2) is 0 Å². The minimum atomic E-state index is 0.249. The van der Waals surface area contributed by atoms with Gasteiger partial charge in [-0.1, -0.05) is 30.7 Å². The average molecular weight is 267 g/mol. The molecule has 18 heavy (non-hydrogen) atoms. The largest absolute Gasteiger partial charge is 0.309 e. The summed E-state index contributed by atoms with van der Waals surface area (Å²) in [5, 5.41) is 4.44. The third-order valence-electron chi connectivity index (χ3n) is 4.18. The first-order valence-electron chi connectivity index (χ1n) is 6.78. The molecule has 1 saturated heterocycles. The van der Waals surface area contributed by atoms with Crippen LogP contribution in [0.2, 0.25) is 5.02 Å². The summed E-state index contributed by atoms with van der Waals surface area (Å²) in [4.78, 5) is 2.56. The van der Waals surface area contributed by atoms with Crippen LogP contribution >= 0.6 is 11.6 Å². The Labute approximate surface area is 115 Å². The van der Waals surface area contributed by atoms with Crippen molar-refractivity contribution in [2.24, 2.45) is 0 Å². The fraction of sp³-hybridized carbons (Fsp3) is 0.600. The minimum absolute atomic E-state index is 0.249. The highest BCUT2D eigenvalue weighted by molar-refractivity contribution is 6.30. The molecule has 2 unspecified atom stereocenters. The Balaban J connectivity index is 2.09. The second kappa shape index (κ2) is 5.60. The van der Waals surface area contributed by atoms with Gasteiger partial charge in [0.2, 0.25) is 0 Å². The summed E-state index contributed by atoms with van der Waals surface area (Å²) in [6.45, 7) is 10.1. The van der Waals surface area contributed by atoms with Crippen LogP contribution in [0.3, 0.4) is 0 Å². The zero-order valence-electron chi connectivity index (χ0n) is 11.5. The van der Waals surface area contributed by atoms with E-state index >= 15 is 0 Å². The number of piperazine rings is 1. The lowest BCUT2D eigenvalue weighted by molar-refractivity contribution is 0.105. The van der Waals surface area contributed by atoms with Crippen LogP contribution in [0.4, 0.5) is 0 Å². The molecule has 2 atom stereocenters. The number of hydrogen-bond acceptors (Lipinski definition) is 2. The topological polar surface area (TPSA) is 15.3 Å². The van der Waals surface area contributed by atoms with Crippen molar-refractivity contribution >= 4 is 11.6 Å². The second-order valence-corrected chi connectivity index (χ2v) is 5.98. The maximum atomic E-state index is 5.95. The SMILES string of the molecule is CCC1(C)CN(C(C)c2ccc(Cl)cc2)CCN1. The molecule has 0 aliphatic carbocycles. The van der Waals surface area contributed by atoms with Gasteiger partial charge in [-0.3, -0.25) is 4.90 Å². The molecule has 1 N–H and O–H groups in total. The van der Waals surface area contributed by atoms with Gasteiger partial charge in [-0.25, -0.2) is 0 Å². The molecule has 2 nitrogen and oxygen atoms in total. The molecule has 1 aliphatic rings. The van der Waals surface area contributed by atoms with E-state index in [1.54, 1.807) is 0 Å². The van der Waals surface area contributed by atoms with Gasteiger partial charge in [0.25, 0.3) is 0 Å². The van der Waals surface area contributed by atoms with Crippen LogP contribution in [0.1, 0.15) is 38.8 Å². The molecule has 0 spiro atoms. The number of hydrogen-bond donors (Lipinski definition) is 1. The zero-order chi connectivity index (χ0) is 13.2. The smallest absolute Gasteiger partial charge is 0.0406 e. The van der Waals surface area contributed by atoms with Gasteiger partial charge in [0.1, 0.15) is 0 Å². The Morgan fingerprint density at radius 2 is 2.06 bits per heavy atom. The van der Waals surface area contributed by atoms with Gasteiger partial charge in [-0.2, -0.15) is 0 Å². The zero-order valence-corrected chi connectivity index (χ0v) is 12.3. The minimum Gasteiger partial charge on any atom is -0.309 e.